The first-order valence-corrected chi connectivity index (χ1v) is 7.92. The van der Waals surface area contributed by atoms with Gasteiger partial charge in [-0.3, -0.25) is 10.1 Å². The number of ether oxygens (including phenoxy) is 1. The number of alkyl halides is 1. The molecule has 7 heteroatoms. The molecule has 0 spiro atoms. The van der Waals surface area contributed by atoms with Crippen molar-refractivity contribution < 1.29 is 9.66 Å². The molecule has 0 aliphatic carbocycles. The maximum atomic E-state index is 10.7. The minimum absolute atomic E-state index is 0.0471. The molecule has 122 valence electrons. The second-order valence-corrected chi connectivity index (χ2v) is 5.64. The van der Waals surface area contributed by atoms with Crippen LogP contribution in [0.25, 0.3) is 0 Å². The molecule has 2 aromatic rings. The Morgan fingerprint density at radius 1 is 1.17 bits per heavy atom. The van der Waals surface area contributed by atoms with Crippen molar-refractivity contribution in [2.75, 3.05) is 17.3 Å². The first-order valence-electron chi connectivity index (χ1n) is 7.00. The van der Waals surface area contributed by atoms with E-state index in [4.69, 9.17) is 27.9 Å². The topological polar surface area (TPSA) is 55.6 Å². The second-order valence-electron chi connectivity index (χ2n) is 4.83. The van der Waals surface area contributed by atoms with Crippen LogP contribution in [0, 0.1) is 10.1 Å². The van der Waals surface area contributed by atoms with Gasteiger partial charge in [-0.15, -0.1) is 11.6 Å². The summed E-state index contributed by atoms with van der Waals surface area (Å²) in [5.41, 5.74) is 0.851. The van der Waals surface area contributed by atoms with Crippen LogP contribution in [0.2, 0.25) is 5.02 Å². The highest BCUT2D eigenvalue weighted by atomic mass is 35.5. The first kappa shape index (κ1) is 17.4. The summed E-state index contributed by atoms with van der Waals surface area (Å²) in [5, 5.41) is 11.4. The van der Waals surface area contributed by atoms with E-state index < -0.39 is 4.92 Å². The van der Waals surface area contributed by atoms with Gasteiger partial charge in [-0.05, 0) is 43.3 Å². The van der Waals surface area contributed by atoms with E-state index in [-0.39, 0.29) is 11.9 Å². The first-order chi connectivity index (χ1) is 11.0. The van der Waals surface area contributed by atoms with E-state index in [9.17, 15) is 10.1 Å². The Morgan fingerprint density at radius 2 is 1.78 bits per heavy atom. The Hall–Kier alpha value is -1.98. The van der Waals surface area contributed by atoms with Gasteiger partial charge in [0, 0.05) is 35.3 Å². The van der Waals surface area contributed by atoms with Gasteiger partial charge in [0.2, 0.25) is 0 Å². The lowest BCUT2D eigenvalue weighted by molar-refractivity contribution is -0.384. The summed E-state index contributed by atoms with van der Waals surface area (Å²) in [7, 11) is 0. The predicted octanol–water partition coefficient (Wildman–Crippen LogP) is 4.72. The van der Waals surface area contributed by atoms with Crippen LogP contribution in [0.3, 0.4) is 0 Å². The summed E-state index contributed by atoms with van der Waals surface area (Å²) in [6.07, 6.45) is -0.295. The van der Waals surface area contributed by atoms with E-state index in [0.717, 1.165) is 5.69 Å². The number of rotatable bonds is 7. The van der Waals surface area contributed by atoms with Gasteiger partial charge in [-0.25, -0.2) is 0 Å². The number of benzene rings is 2. The second kappa shape index (κ2) is 8.04. The summed E-state index contributed by atoms with van der Waals surface area (Å²) in [4.78, 5) is 12.3. The summed E-state index contributed by atoms with van der Waals surface area (Å²) in [6, 6.07) is 13.4. The van der Waals surface area contributed by atoms with E-state index in [2.05, 4.69) is 0 Å². The average Bonchev–Trinajstić information content (AvgIpc) is 2.55. The molecule has 0 aliphatic rings. The van der Waals surface area contributed by atoms with Crippen LogP contribution in [-0.2, 0) is 0 Å². The molecule has 5 nitrogen and oxygen atoms in total. The third kappa shape index (κ3) is 4.74. The number of nitro benzene ring substituents is 1. The molecule has 0 amide bonds. The highest BCUT2D eigenvalue weighted by Gasteiger charge is 2.17. The maximum absolute atomic E-state index is 10.7. The number of anilines is 1. The fourth-order valence-electron chi connectivity index (χ4n) is 2.15. The molecular weight excluding hydrogens is 339 g/mol. The van der Waals surface area contributed by atoms with Gasteiger partial charge in [0.1, 0.15) is 5.75 Å². The Balaban J connectivity index is 2.15. The van der Waals surface area contributed by atoms with Gasteiger partial charge < -0.3 is 9.64 Å². The van der Waals surface area contributed by atoms with E-state index in [1.807, 2.05) is 11.8 Å². The fraction of sp³-hybridized carbons (Fsp3) is 0.250. The molecule has 0 aromatic heterocycles. The van der Waals surface area contributed by atoms with Crippen molar-refractivity contribution in [1.82, 2.24) is 0 Å². The van der Waals surface area contributed by atoms with Crippen LogP contribution >= 0.6 is 23.2 Å². The molecule has 0 bridgehead atoms. The SMILES string of the molecule is CC(Oc1ccc(Cl)cc1)N(CCCl)c1ccc([N+](=O)[O-])cc1. The quantitative estimate of drug-likeness (QED) is 0.312. The van der Waals surface area contributed by atoms with Gasteiger partial charge in [0.25, 0.3) is 5.69 Å². The molecule has 1 unspecified atom stereocenters. The molecule has 2 aromatic carbocycles. The largest absolute Gasteiger partial charge is 0.471 e. The molecule has 0 radical (unpaired) electrons. The zero-order valence-electron chi connectivity index (χ0n) is 12.5. The molecule has 0 heterocycles. The number of nitrogens with zero attached hydrogens (tertiary/aromatic N) is 2. The van der Waals surface area contributed by atoms with Crippen LogP contribution in [0.1, 0.15) is 6.92 Å². The van der Waals surface area contributed by atoms with Crippen molar-refractivity contribution in [1.29, 1.82) is 0 Å². The van der Waals surface area contributed by atoms with Crippen LogP contribution in [-0.4, -0.2) is 23.6 Å². The molecular formula is C16H16Cl2N2O3. The molecule has 23 heavy (non-hydrogen) atoms. The summed E-state index contributed by atoms with van der Waals surface area (Å²) in [5.74, 6) is 1.09. The van der Waals surface area contributed by atoms with Crippen molar-refractivity contribution in [3.05, 3.63) is 63.7 Å². The summed E-state index contributed by atoms with van der Waals surface area (Å²) in [6.45, 7) is 2.44. The van der Waals surface area contributed by atoms with Gasteiger partial charge >= 0.3 is 0 Å². The van der Waals surface area contributed by atoms with E-state index in [1.54, 1.807) is 36.4 Å². The monoisotopic (exact) mass is 354 g/mol. The third-order valence-corrected chi connectivity index (χ3v) is 3.70. The minimum atomic E-state index is -0.427. The average molecular weight is 355 g/mol. The van der Waals surface area contributed by atoms with E-state index in [0.29, 0.717) is 23.2 Å². The van der Waals surface area contributed by atoms with Gasteiger partial charge in [-0.1, -0.05) is 11.6 Å². The normalized spacial score (nSPS) is 11.8. The predicted molar refractivity (Wildman–Crippen MR) is 92.7 cm³/mol. The molecule has 0 saturated heterocycles. The van der Waals surface area contributed by atoms with Crippen molar-refractivity contribution in [3.63, 3.8) is 0 Å². The Labute approximate surface area is 144 Å². The highest BCUT2D eigenvalue weighted by molar-refractivity contribution is 6.30. The van der Waals surface area contributed by atoms with Crippen LogP contribution in [0.4, 0.5) is 11.4 Å². The van der Waals surface area contributed by atoms with Gasteiger partial charge in [-0.2, -0.15) is 0 Å². The number of hydrogen-bond donors (Lipinski definition) is 0. The van der Waals surface area contributed by atoms with Gasteiger partial charge in [0.05, 0.1) is 4.92 Å². The zero-order chi connectivity index (χ0) is 16.8. The van der Waals surface area contributed by atoms with E-state index in [1.165, 1.54) is 12.1 Å². The third-order valence-electron chi connectivity index (χ3n) is 3.28. The van der Waals surface area contributed by atoms with Crippen LogP contribution in [0.5, 0.6) is 5.75 Å². The van der Waals surface area contributed by atoms with Crippen molar-refractivity contribution >= 4 is 34.6 Å². The zero-order valence-corrected chi connectivity index (χ0v) is 14.0. The number of halogens is 2. The van der Waals surface area contributed by atoms with Gasteiger partial charge in [0.15, 0.2) is 6.23 Å². The number of non-ortho nitro benzene ring substituents is 1. The molecule has 2 rings (SSSR count). The number of nitro groups is 1. The van der Waals surface area contributed by atoms with Crippen LogP contribution in [0.15, 0.2) is 48.5 Å². The fourth-order valence-corrected chi connectivity index (χ4v) is 2.46. The molecule has 0 saturated carbocycles. The van der Waals surface area contributed by atoms with Crippen molar-refractivity contribution in [2.45, 2.75) is 13.2 Å². The Morgan fingerprint density at radius 3 is 2.30 bits per heavy atom. The molecule has 0 N–H and O–H groups in total. The lowest BCUT2D eigenvalue weighted by atomic mass is 10.2. The summed E-state index contributed by atoms with van der Waals surface area (Å²) < 4.78 is 5.89. The summed E-state index contributed by atoms with van der Waals surface area (Å²) >= 11 is 11.7. The standard InChI is InChI=1S/C16H16Cl2N2O3/c1-12(23-16-8-2-13(18)3-9-16)19(11-10-17)14-4-6-15(7-5-14)20(21)22/h2-9,12H,10-11H2,1H3. The molecule has 0 aliphatic heterocycles. The van der Waals surface area contributed by atoms with Crippen molar-refractivity contribution in [2.24, 2.45) is 0 Å². The molecule has 0 fully saturated rings. The lowest BCUT2D eigenvalue weighted by Gasteiger charge is -2.30. The Kier molecular flexibility index (Phi) is 6.07. The minimum Gasteiger partial charge on any atom is -0.471 e. The highest BCUT2D eigenvalue weighted by Crippen LogP contribution is 2.23. The van der Waals surface area contributed by atoms with Crippen molar-refractivity contribution in [3.8, 4) is 5.75 Å². The van der Waals surface area contributed by atoms with E-state index >= 15 is 0 Å². The Bertz CT molecular complexity index is 647. The number of hydrogen-bond acceptors (Lipinski definition) is 4. The lowest BCUT2D eigenvalue weighted by Crippen LogP contribution is -2.38. The smallest absolute Gasteiger partial charge is 0.269 e. The maximum Gasteiger partial charge on any atom is 0.269 e. The molecule has 1 atom stereocenters. The van der Waals surface area contributed by atoms with Crippen LogP contribution < -0.4 is 9.64 Å².